The number of rotatable bonds is 4. The van der Waals surface area contributed by atoms with Gasteiger partial charge in [0, 0.05) is 21.8 Å². The van der Waals surface area contributed by atoms with Crippen molar-refractivity contribution in [2.24, 2.45) is 5.73 Å². The van der Waals surface area contributed by atoms with Crippen LogP contribution < -0.4 is 5.73 Å². The van der Waals surface area contributed by atoms with E-state index in [1.807, 2.05) is 5.38 Å². The number of carboxylic acid groups (broad SMARTS) is 1. The Bertz CT molecular complexity index is 589. The molecule has 0 aromatic carbocycles. The number of hydrogen-bond acceptors (Lipinski definition) is 8. The van der Waals surface area contributed by atoms with Gasteiger partial charge in [0.1, 0.15) is 17.1 Å². The van der Waals surface area contributed by atoms with Crippen LogP contribution in [0.3, 0.4) is 0 Å². The van der Waals surface area contributed by atoms with E-state index in [0.717, 1.165) is 5.69 Å². The Kier molecular flexibility index (Phi) is 3.71. The quantitative estimate of drug-likeness (QED) is 0.759. The van der Waals surface area contributed by atoms with E-state index >= 15 is 0 Å². The molecule has 3 rings (SSSR count). The van der Waals surface area contributed by atoms with Crippen molar-refractivity contribution >= 4 is 46.9 Å². The number of carboxylic acids is 1. The number of aliphatic carboxylic acids is 1. The molecule has 0 bridgehead atoms. The van der Waals surface area contributed by atoms with Gasteiger partial charge < -0.3 is 10.8 Å². The van der Waals surface area contributed by atoms with Crippen molar-refractivity contribution in [3.8, 4) is 0 Å². The van der Waals surface area contributed by atoms with Gasteiger partial charge in [0.15, 0.2) is 0 Å². The summed E-state index contributed by atoms with van der Waals surface area (Å²) in [7, 11) is 0. The predicted octanol–water partition coefficient (Wildman–Crippen LogP) is 0.310. The van der Waals surface area contributed by atoms with Crippen LogP contribution in [0.5, 0.6) is 0 Å². The second-order valence-electron chi connectivity index (χ2n) is 4.20. The van der Waals surface area contributed by atoms with Gasteiger partial charge in [-0.2, -0.15) is 0 Å². The minimum Gasteiger partial charge on any atom is -0.477 e. The van der Waals surface area contributed by atoms with Crippen LogP contribution in [0.4, 0.5) is 0 Å². The molecule has 1 amide bonds. The molecule has 106 valence electrons. The van der Waals surface area contributed by atoms with E-state index in [-0.39, 0.29) is 17.0 Å². The van der Waals surface area contributed by atoms with Gasteiger partial charge in [0.25, 0.3) is 0 Å². The summed E-state index contributed by atoms with van der Waals surface area (Å²) < 4.78 is 3.76. The number of hydrogen-bond donors (Lipinski definition) is 2. The normalized spacial score (nSPS) is 25.4. The molecule has 2 aliphatic rings. The van der Waals surface area contributed by atoms with E-state index in [9.17, 15) is 14.7 Å². The third-order valence-corrected chi connectivity index (χ3v) is 6.14. The number of carbonyl (C=O) groups excluding carboxylic acids is 1. The van der Waals surface area contributed by atoms with Gasteiger partial charge in [-0.15, -0.1) is 28.6 Å². The molecule has 1 fully saturated rings. The zero-order valence-corrected chi connectivity index (χ0v) is 12.5. The molecule has 2 aliphatic heterocycles. The van der Waals surface area contributed by atoms with Crippen molar-refractivity contribution in [1.82, 2.24) is 14.5 Å². The van der Waals surface area contributed by atoms with Crippen LogP contribution in [0.2, 0.25) is 0 Å². The van der Waals surface area contributed by atoms with Gasteiger partial charge in [0.2, 0.25) is 5.91 Å². The Morgan fingerprint density at radius 1 is 1.65 bits per heavy atom. The van der Waals surface area contributed by atoms with Crippen LogP contribution in [-0.4, -0.2) is 48.6 Å². The summed E-state index contributed by atoms with van der Waals surface area (Å²) in [6.07, 6.45) is 0. The summed E-state index contributed by atoms with van der Waals surface area (Å²) in [6, 6.07) is -0.594. The third kappa shape index (κ3) is 2.22. The van der Waals surface area contributed by atoms with Crippen molar-refractivity contribution in [1.29, 1.82) is 0 Å². The SMILES string of the molecule is N[C@@H]1C(=O)N2C(C(=O)O)=C(SCc3csnn3)CS[C@H]12. The fourth-order valence-corrected chi connectivity index (χ4v) is 5.03. The molecular weight excluding hydrogens is 320 g/mol. The summed E-state index contributed by atoms with van der Waals surface area (Å²) in [6.45, 7) is 0. The standard InChI is InChI=1S/C10H10N4O3S3/c11-6-8(15)14-7(10(16)17)5(3-19-9(6)14)18-1-4-2-20-13-12-4/h2,6,9H,1,3,11H2,(H,16,17)/t6-,9-/m1/s1. The molecule has 20 heavy (non-hydrogen) atoms. The minimum absolute atomic E-state index is 0.0636. The lowest BCUT2D eigenvalue weighted by atomic mass is 10.1. The number of carbonyl (C=O) groups is 2. The van der Waals surface area contributed by atoms with E-state index in [0.29, 0.717) is 16.4 Å². The first-order valence-corrected chi connectivity index (χ1v) is 8.52. The number of β-lactam (4-membered cyclic amide) rings is 1. The van der Waals surface area contributed by atoms with E-state index in [2.05, 4.69) is 9.59 Å². The topological polar surface area (TPSA) is 109 Å². The van der Waals surface area contributed by atoms with Crippen LogP contribution in [-0.2, 0) is 15.3 Å². The molecule has 10 heteroatoms. The molecule has 0 radical (unpaired) electrons. The second kappa shape index (κ2) is 5.35. The van der Waals surface area contributed by atoms with E-state index < -0.39 is 12.0 Å². The molecule has 0 saturated carbocycles. The Hall–Kier alpha value is -1.10. The Morgan fingerprint density at radius 2 is 2.45 bits per heavy atom. The molecule has 1 aromatic heterocycles. The highest BCUT2D eigenvalue weighted by Crippen LogP contribution is 2.43. The molecule has 3 heterocycles. The average molecular weight is 330 g/mol. The van der Waals surface area contributed by atoms with Crippen LogP contribution in [0.25, 0.3) is 0 Å². The Morgan fingerprint density at radius 3 is 3.10 bits per heavy atom. The third-order valence-electron chi connectivity index (χ3n) is 2.98. The van der Waals surface area contributed by atoms with Gasteiger partial charge in [-0.3, -0.25) is 9.69 Å². The van der Waals surface area contributed by atoms with Crippen molar-refractivity contribution in [2.45, 2.75) is 17.2 Å². The lowest BCUT2D eigenvalue weighted by Crippen LogP contribution is -2.68. The molecule has 0 spiro atoms. The van der Waals surface area contributed by atoms with Crippen molar-refractivity contribution in [3.63, 3.8) is 0 Å². The number of aromatic nitrogens is 2. The van der Waals surface area contributed by atoms with Gasteiger partial charge in [-0.1, -0.05) is 4.49 Å². The zero-order chi connectivity index (χ0) is 14.3. The van der Waals surface area contributed by atoms with Gasteiger partial charge in [-0.05, 0) is 11.5 Å². The highest BCUT2D eigenvalue weighted by Gasteiger charge is 2.51. The summed E-state index contributed by atoms with van der Waals surface area (Å²) in [5.41, 5.74) is 6.55. The summed E-state index contributed by atoms with van der Waals surface area (Å²) in [5, 5.41) is 14.8. The fourth-order valence-electron chi connectivity index (χ4n) is 2.01. The van der Waals surface area contributed by atoms with E-state index in [1.54, 1.807) is 0 Å². The first-order valence-electron chi connectivity index (χ1n) is 5.65. The van der Waals surface area contributed by atoms with Crippen LogP contribution >= 0.6 is 35.1 Å². The van der Waals surface area contributed by atoms with Gasteiger partial charge in [-0.25, -0.2) is 4.79 Å². The first kappa shape index (κ1) is 13.9. The van der Waals surface area contributed by atoms with Crippen LogP contribution in [0, 0.1) is 0 Å². The maximum Gasteiger partial charge on any atom is 0.353 e. The minimum atomic E-state index is -1.09. The molecule has 3 N–H and O–H groups in total. The van der Waals surface area contributed by atoms with Crippen LogP contribution in [0.15, 0.2) is 16.0 Å². The Labute approximate surface area is 126 Å². The molecule has 1 aromatic rings. The second-order valence-corrected chi connectivity index (χ2v) is 6.98. The van der Waals surface area contributed by atoms with Gasteiger partial charge >= 0.3 is 5.97 Å². The van der Waals surface area contributed by atoms with Gasteiger partial charge in [0.05, 0.1) is 5.69 Å². The molecule has 0 unspecified atom stereocenters. The number of nitrogens with two attached hydrogens (primary N) is 1. The van der Waals surface area contributed by atoms with Crippen molar-refractivity contribution in [2.75, 3.05) is 5.75 Å². The van der Waals surface area contributed by atoms with Crippen molar-refractivity contribution in [3.05, 3.63) is 21.7 Å². The largest absolute Gasteiger partial charge is 0.477 e. The zero-order valence-electron chi connectivity index (χ0n) is 10.1. The van der Waals surface area contributed by atoms with E-state index in [1.165, 1.54) is 40.0 Å². The van der Waals surface area contributed by atoms with E-state index in [4.69, 9.17) is 5.73 Å². The smallest absolute Gasteiger partial charge is 0.353 e. The number of thioether (sulfide) groups is 2. The lowest BCUT2D eigenvalue weighted by Gasteiger charge is -2.47. The molecular formula is C10H10N4O3S3. The molecule has 2 atom stereocenters. The number of fused-ring (bicyclic) bond motifs is 1. The number of amides is 1. The summed E-state index contributed by atoms with van der Waals surface area (Å²) in [5.74, 6) is -0.323. The average Bonchev–Trinajstić information content (AvgIpc) is 2.96. The number of nitrogens with zero attached hydrogens (tertiary/aromatic N) is 3. The monoisotopic (exact) mass is 330 g/mol. The van der Waals surface area contributed by atoms with Crippen LogP contribution in [0.1, 0.15) is 5.69 Å². The Balaban J connectivity index is 1.82. The fraction of sp³-hybridized carbons (Fsp3) is 0.400. The van der Waals surface area contributed by atoms with Crippen molar-refractivity contribution < 1.29 is 14.7 Å². The maximum atomic E-state index is 11.7. The molecule has 7 nitrogen and oxygen atoms in total. The highest BCUT2D eigenvalue weighted by atomic mass is 32.2. The molecule has 0 aliphatic carbocycles. The first-order chi connectivity index (χ1) is 9.59. The molecule has 1 saturated heterocycles. The summed E-state index contributed by atoms with van der Waals surface area (Å²) >= 11 is 4.13. The predicted molar refractivity (Wildman–Crippen MR) is 76.9 cm³/mol. The lowest BCUT2D eigenvalue weighted by molar-refractivity contribution is -0.147. The maximum absolute atomic E-state index is 11.7. The highest BCUT2D eigenvalue weighted by molar-refractivity contribution is 8.05. The summed E-state index contributed by atoms with van der Waals surface area (Å²) in [4.78, 5) is 25.1.